The molecule has 0 heterocycles. The summed E-state index contributed by atoms with van der Waals surface area (Å²) < 4.78 is 24.7. The monoisotopic (exact) mass is 379 g/mol. The van der Waals surface area contributed by atoms with Gasteiger partial charge in [0.2, 0.25) is 5.91 Å². The minimum atomic E-state index is -3.76. The fourth-order valence-electron chi connectivity index (χ4n) is 2.61. The summed E-state index contributed by atoms with van der Waals surface area (Å²) in [6, 6.07) is 23.0. The van der Waals surface area contributed by atoms with Gasteiger partial charge in [-0.2, -0.15) is 0 Å². The van der Waals surface area contributed by atoms with Crippen molar-refractivity contribution in [3.8, 4) is 0 Å². The Labute approximate surface area is 157 Å². The number of para-hydroxylation sites is 1. The van der Waals surface area contributed by atoms with Gasteiger partial charge in [0.15, 0.2) is 15.6 Å². The lowest BCUT2D eigenvalue weighted by atomic mass is 10.0. The Morgan fingerprint density at radius 2 is 1.30 bits per heavy atom. The summed E-state index contributed by atoms with van der Waals surface area (Å²) in [6.07, 6.45) is 0. The predicted octanol–water partition coefficient (Wildman–Crippen LogP) is 3.33. The van der Waals surface area contributed by atoms with E-state index in [0.29, 0.717) is 11.1 Å². The number of ketones is 1. The van der Waals surface area contributed by atoms with Gasteiger partial charge in [0.05, 0.1) is 10.6 Å². The summed E-state index contributed by atoms with van der Waals surface area (Å²) >= 11 is 0. The zero-order valence-electron chi connectivity index (χ0n) is 14.3. The zero-order valence-corrected chi connectivity index (χ0v) is 15.1. The van der Waals surface area contributed by atoms with Crippen LogP contribution < -0.4 is 5.32 Å². The molecule has 3 aromatic carbocycles. The molecule has 0 saturated heterocycles. The van der Waals surface area contributed by atoms with Gasteiger partial charge in [-0.3, -0.25) is 9.59 Å². The molecule has 0 aliphatic heterocycles. The van der Waals surface area contributed by atoms with Gasteiger partial charge in [0.1, 0.15) is 5.75 Å². The molecule has 0 saturated carbocycles. The molecular weight excluding hydrogens is 362 g/mol. The molecule has 0 unspecified atom stereocenters. The van der Waals surface area contributed by atoms with Crippen molar-refractivity contribution in [3.05, 3.63) is 96.1 Å². The number of rotatable bonds is 6. The number of hydrogen-bond donors (Lipinski definition) is 1. The number of benzene rings is 3. The number of carbonyl (C=O) groups is 2. The SMILES string of the molecule is O=C(CS(=O)(=O)c1ccccc1)Nc1ccccc1C(=O)c1ccccc1. The molecule has 0 radical (unpaired) electrons. The van der Waals surface area contributed by atoms with Crippen LogP contribution >= 0.6 is 0 Å². The van der Waals surface area contributed by atoms with Crippen molar-refractivity contribution in [1.82, 2.24) is 0 Å². The van der Waals surface area contributed by atoms with Gasteiger partial charge in [-0.15, -0.1) is 0 Å². The molecule has 136 valence electrons. The molecule has 5 nitrogen and oxygen atoms in total. The number of amides is 1. The van der Waals surface area contributed by atoms with Crippen molar-refractivity contribution in [3.63, 3.8) is 0 Å². The first-order valence-corrected chi connectivity index (χ1v) is 9.89. The minimum absolute atomic E-state index is 0.0776. The second-order valence-corrected chi connectivity index (χ2v) is 7.85. The van der Waals surface area contributed by atoms with Crippen molar-refractivity contribution in [2.75, 3.05) is 11.1 Å². The molecule has 6 heteroatoms. The average molecular weight is 379 g/mol. The molecule has 27 heavy (non-hydrogen) atoms. The van der Waals surface area contributed by atoms with E-state index in [9.17, 15) is 18.0 Å². The molecule has 3 rings (SSSR count). The zero-order chi connectivity index (χ0) is 19.3. The van der Waals surface area contributed by atoms with Crippen LogP contribution in [0.5, 0.6) is 0 Å². The lowest BCUT2D eigenvalue weighted by Crippen LogP contribution is -2.24. The van der Waals surface area contributed by atoms with E-state index in [2.05, 4.69) is 5.32 Å². The first kappa shape index (κ1) is 18.5. The standard InChI is InChI=1S/C21H17NO4S/c23-20(15-27(25,26)17-11-5-2-6-12-17)22-19-14-8-7-13-18(19)21(24)16-9-3-1-4-10-16/h1-14H,15H2,(H,22,23). The summed E-state index contributed by atoms with van der Waals surface area (Å²) in [5.74, 6) is -1.66. The molecule has 0 aromatic heterocycles. The summed E-state index contributed by atoms with van der Waals surface area (Å²) in [4.78, 5) is 25.1. The number of carbonyl (C=O) groups excluding carboxylic acids is 2. The lowest BCUT2D eigenvalue weighted by molar-refractivity contribution is -0.113. The maximum atomic E-state index is 12.7. The van der Waals surface area contributed by atoms with Crippen LogP contribution in [0.3, 0.4) is 0 Å². The molecule has 0 bridgehead atoms. The summed E-state index contributed by atoms with van der Waals surface area (Å²) in [5, 5.41) is 2.55. The van der Waals surface area contributed by atoms with Crippen LogP contribution in [-0.2, 0) is 14.6 Å². The average Bonchev–Trinajstić information content (AvgIpc) is 2.69. The van der Waals surface area contributed by atoms with E-state index >= 15 is 0 Å². The van der Waals surface area contributed by atoms with E-state index in [1.165, 1.54) is 12.1 Å². The molecule has 1 amide bonds. The molecule has 3 aromatic rings. The van der Waals surface area contributed by atoms with Crippen LogP contribution in [0.25, 0.3) is 0 Å². The number of hydrogen-bond acceptors (Lipinski definition) is 4. The van der Waals surface area contributed by atoms with E-state index in [4.69, 9.17) is 0 Å². The van der Waals surface area contributed by atoms with Crippen molar-refractivity contribution >= 4 is 27.2 Å². The van der Waals surface area contributed by atoms with E-state index in [0.717, 1.165) is 0 Å². The Morgan fingerprint density at radius 3 is 1.96 bits per heavy atom. The van der Waals surface area contributed by atoms with Crippen LogP contribution in [0.15, 0.2) is 89.8 Å². The molecule has 0 aliphatic carbocycles. The Hall–Kier alpha value is -3.25. The molecule has 1 N–H and O–H groups in total. The van der Waals surface area contributed by atoms with Gasteiger partial charge in [-0.1, -0.05) is 60.7 Å². The van der Waals surface area contributed by atoms with Gasteiger partial charge in [-0.05, 0) is 24.3 Å². The van der Waals surface area contributed by atoms with Gasteiger partial charge >= 0.3 is 0 Å². The Kier molecular flexibility index (Phi) is 5.47. The fraction of sp³-hybridized carbons (Fsp3) is 0.0476. The third-order valence-corrected chi connectivity index (χ3v) is 5.54. The van der Waals surface area contributed by atoms with Gasteiger partial charge < -0.3 is 5.32 Å². The van der Waals surface area contributed by atoms with Gasteiger partial charge in [0.25, 0.3) is 0 Å². The highest BCUT2D eigenvalue weighted by Crippen LogP contribution is 2.20. The summed E-state index contributed by atoms with van der Waals surface area (Å²) in [6.45, 7) is 0. The van der Waals surface area contributed by atoms with Crippen LogP contribution in [0.4, 0.5) is 5.69 Å². The quantitative estimate of drug-likeness (QED) is 0.666. The molecule has 0 aliphatic rings. The molecular formula is C21H17NO4S. The second kappa shape index (κ2) is 7.97. The van der Waals surface area contributed by atoms with Crippen molar-refractivity contribution in [2.45, 2.75) is 4.90 Å². The number of nitrogens with one attached hydrogen (secondary N) is 1. The van der Waals surface area contributed by atoms with Crippen LogP contribution in [-0.4, -0.2) is 25.9 Å². The summed E-state index contributed by atoms with van der Waals surface area (Å²) in [5.41, 5.74) is 1.06. The molecule has 0 spiro atoms. The third kappa shape index (κ3) is 4.48. The van der Waals surface area contributed by atoms with E-state index in [1.54, 1.807) is 72.8 Å². The highest BCUT2D eigenvalue weighted by Gasteiger charge is 2.21. The van der Waals surface area contributed by atoms with Crippen LogP contribution in [0.1, 0.15) is 15.9 Å². The Morgan fingerprint density at radius 1 is 0.741 bits per heavy atom. The van der Waals surface area contributed by atoms with E-state index in [1.807, 2.05) is 0 Å². The Bertz CT molecular complexity index is 1060. The van der Waals surface area contributed by atoms with Gasteiger partial charge in [-0.25, -0.2) is 8.42 Å². The van der Waals surface area contributed by atoms with E-state index in [-0.39, 0.29) is 16.4 Å². The number of sulfone groups is 1. The lowest BCUT2D eigenvalue weighted by Gasteiger charge is -2.11. The van der Waals surface area contributed by atoms with Crippen LogP contribution in [0, 0.1) is 0 Å². The third-order valence-electron chi connectivity index (χ3n) is 3.91. The predicted molar refractivity (Wildman–Crippen MR) is 103 cm³/mol. The molecule has 0 atom stereocenters. The maximum Gasteiger partial charge on any atom is 0.239 e. The maximum absolute atomic E-state index is 12.7. The van der Waals surface area contributed by atoms with Crippen molar-refractivity contribution < 1.29 is 18.0 Å². The smallest absolute Gasteiger partial charge is 0.239 e. The van der Waals surface area contributed by atoms with E-state index < -0.39 is 21.5 Å². The fourth-order valence-corrected chi connectivity index (χ4v) is 3.76. The van der Waals surface area contributed by atoms with Crippen molar-refractivity contribution in [1.29, 1.82) is 0 Å². The van der Waals surface area contributed by atoms with Crippen LogP contribution in [0.2, 0.25) is 0 Å². The highest BCUT2D eigenvalue weighted by molar-refractivity contribution is 7.92. The van der Waals surface area contributed by atoms with Gasteiger partial charge in [0, 0.05) is 11.1 Å². The Balaban J connectivity index is 1.80. The van der Waals surface area contributed by atoms with Crippen molar-refractivity contribution in [2.24, 2.45) is 0 Å². The number of anilines is 1. The minimum Gasteiger partial charge on any atom is -0.325 e. The normalized spacial score (nSPS) is 11.0. The molecule has 0 fully saturated rings. The second-order valence-electron chi connectivity index (χ2n) is 5.86. The summed E-state index contributed by atoms with van der Waals surface area (Å²) in [7, 11) is -3.76. The first-order chi connectivity index (χ1) is 13.0. The topological polar surface area (TPSA) is 80.3 Å². The first-order valence-electron chi connectivity index (χ1n) is 8.24. The largest absolute Gasteiger partial charge is 0.325 e. The highest BCUT2D eigenvalue weighted by atomic mass is 32.2.